The fourth-order valence-corrected chi connectivity index (χ4v) is 4.44. The molecule has 0 amide bonds. The van der Waals surface area contributed by atoms with Crippen molar-refractivity contribution in [3.05, 3.63) is 0 Å². The number of likely N-dealkylation sites (tertiary alicyclic amines) is 1. The first kappa shape index (κ1) is 13.8. The van der Waals surface area contributed by atoms with Crippen LogP contribution in [-0.4, -0.2) is 50.3 Å². The first-order valence-corrected chi connectivity index (χ1v) is 8.21. The molecule has 110 valence electrons. The van der Waals surface area contributed by atoms with Gasteiger partial charge in [0.1, 0.15) is 0 Å². The monoisotopic (exact) mass is 266 g/mol. The Kier molecular flexibility index (Phi) is 4.16. The van der Waals surface area contributed by atoms with Crippen LogP contribution in [0.5, 0.6) is 0 Å². The molecule has 2 heterocycles. The Morgan fingerprint density at radius 2 is 1.74 bits per heavy atom. The third-order valence-corrected chi connectivity index (χ3v) is 5.56. The fourth-order valence-electron chi connectivity index (χ4n) is 4.44. The average Bonchev–Trinajstić information content (AvgIpc) is 2.73. The molecule has 0 radical (unpaired) electrons. The topological polar surface area (TPSA) is 24.5 Å². The summed E-state index contributed by atoms with van der Waals surface area (Å²) in [6, 6.07) is 0. The fraction of sp³-hybridized carbons (Fsp3) is 1.00. The van der Waals surface area contributed by atoms with Gasteiger partial charge in [-0.3, -0.25) is 4.90 Å². The maximum atomic E-state index is 5.97. The van der Waals surface area contributed by atoms with Gasteiger partial charge in [0.15, 0.2) is 0 Å². The van der Waals surface area contributed by atoms with Crippen LogP contribution < -0.4 is 5.32 Å². The molecule has 2 unspecified atom stereocenters. The number of hydrogen-bond donors (Lipinski definition) is 1. The molecule has 2 atom stereocenters. The van der Waals surface area contributed by atoms with Gasteiger partial charge in [0.25, 0.3) is 0 Å². The molecule has 0 aromatic rings. The maximum Gasteiger partial charge on any atom is 0.0707 e. The molecule has 0 aromatic carbocycles. The minimum absolute atomic E-state index is 0.526. The zero-order chi connectivity index (χ0) is 13.3. The van der Waals surface area contributed by atoms with Gasteiger partial charge >= 0.3 is 0 Å². The van der Waals surface area contributed by atoms with E-state index < -0.39 is 0 Å². The Labute approximate surface area is 118 Å². The van der Waals surface area contributed by atoms with Gasteiger partial charge in [-0.1, -0.05) is 19.8 Å². The second-order valence-corrected chi connectivity index (χ2v) is 7.36. The third-order valence-electron chi connectivity index (χ3n) is 5.56. The SMILES string of the molecule is CNCC1(CN2CC3CCC(C2)O3)CCC(C)CC1. The second-order valence-electron chi connectivity index (χ2n) is 7.36. The minimum Gasteiger partial charge on any atom is -0.372 e. The minimum atomic E-state index is 0.526. The molecular weight excluding hydrogens is 236 g/mol. The van der Waals surface area contributed by atoms with Gasteiger partial charge in [0, 0.05) is 26.2 Å². The number of hydrogen-bond acceptors (Lipinski definition) is 3. The molecule has 2 bridgehead atoms. The van der Waals surface area contributed by atoms with Crippen molar-refractivity contribution in [3.8, 4) is 0 Å². The maximum absolute atomic E-state index is 5.97. The highest BCUT2D eigenvalue weighted by Gasteiger charge is 2.39. The molecule has 3 rings (SSSR count). The van der Waals surface area contributed by atoms with E-state index in [-0.39, 0.29) is 0 Å². The van der Waals surface area contributed by atoms with Gasteiger partial charge in [0.05, 0.1) is 12.2 Å². The average molecular weight is 266 g/mol. The first-order chi connectivity index (χ1) is 9.19. The molecular formula is C16H30N2O. The Morgan fingerprint density at radius 1 is 1.11 bits per heavy atom. The van der Waals surface area contributed by atoms with Crippen molar-refractivity contribution in [3.63, 3.8) is 0 Å². The van der Waals surface area contributed by atoms with Crippen molar-refractivity contribution < 1.29 is 4.74 Å². The van der Waals surface area contributed by atoms with Gasteiger partial charge in [-0.25, -0.2) is 0 Å². The molecule has 1 N–H and O–H groups in total. The van der Waals surface area contributed by atoms with Crippen molar-refractivity contribution in [2.75, 3.05) is 33.2 Å². The normalized spacial score (nSPS) is 43.6. The largest absolute Gasteiger partial charge is 0.372 e. The van der Waals surface area contributed by atoms with Crippen LogP contribution in [0.15, 0.2) is 0 Å². The zero-order valence-corrected chi connectivity index (χ0v) is 12.7. The van der Waals surface area contributed by atoms with Crippen LogP contribution in [0.25, 0.3) is 0 Å². The summed E-state index contributed by atoms with van der Waals surface area (Å²) in [5.41, 5.74) is 0.526. The van der Waals surface area contributed by atoms with Crippen LogP contribution in [0.1, 0.15) is 45.4 Å². The number of morpholine rings is 1. The molecule has 1 aliphatic carbocycles. The summed E-state index contributed by atoms with van der Waals surface area (Å²) in [5.74, 6) is 0.936. The molecule has 2 aliphatic heterocycles. The molecule has 19 heavy (non-hydrogen) atoms. The predicted octanol–water partition coefficient (Wildman–Crippen LogP) is 2.27. The van der Waals surface area contributed by atoms with E-state index >= 15 is 0 Å². The number of nitrogens with one attached hydrogen (secondary N) is 1. The summed E-state index contributed by atoms with van der Waals surface area (Å²) >= 11 is 0. The lowest BCUT2D eigenvalue weighted by molar-refractivity contribution is -0.0552. The van der Waals surface area contributed by atoms with Crippen molar-refractivity contribution in [2.45, 2.75) is 57.7 Å². The quantitative estimate of drug-likeness (QED) is 0.845. The summed E-state index contributed by atoms with van der Waals surface area (Å²) in [4.78, 5) is 2.71. The lowest BCUT2D eigenvalue weighted by Crippen LogP contribution is -2.51. The Balaban J connectivity index is 1.61. The van der Waals surface area contributed by atoms with Crippen LogP contribution in [-0.2, 0) is 4.74 Å². The molecule has 1 saturated carbocycles. The Morgan fingerprint density at radius 3 is 2.32 bits per heavy atom. The summed E-state index contributed by atoms with van der Waals surface area (Å²) in [6.45, 7) is 7.25. The highest BCUT2D eigenvalue weighted by atomic mass is 16.5. The number of ether oxygens (including phenoxy) is 1. The lowest BCUT2D eigenvalue weighted by atomic mass is 9.70. The van der Waals surface area contributed by atoms with E-state index in [1.165, 1.54) is 64.7 Å². The Hall–Kier alpha value is -0.120. The summed E-state index contributed by atoms with van der Waals surface area (Å²) in [5, 5.41) is 3.46. The van der Waals surface area contributed by atoms with Crippen molar-refractivity contribution in [1.82, 2.24) is 10.2 Å². The molecule has 3 heteroatoms. The molecule has 0 spiro atoms. The number of nitrogens with zero attached hydrogens (tertiary/aromatic N) is 1. The summed E-state index contributed by atoms with van der Waals surface area (Å²) < 4.78 is 5.97. The number of rotatable bonds is 4. The predicted molar refractivity (Wildman–Crippen MR) is 78.3 cm³/mol. The van der Waals surface area contributed by atoms with Crippen LogP contribution in [0, 0.1) is 11.3 Å². The third kappa shape index (κ3) is 3.14. The van der Waals surface area contributed by atoms with E-state index in [9.17, 15) is 0 Å². The van der Waals surface area contributed by atoms with E-state index in [0.29, 0.717) is 17.6 Å². The summed E-state index contributed by atoms with van der Waals surface area (Å²) in [6.07, 6.45) is 9.29. The molecule has 0 aromatic heterocycles. The van der Waals surface area contributed by atoms with Gasteiger partial charge in [0.2, 0.25) is 0 Å². The van der Waals surface area contributed by atoms with Crippen LogP contribution in [0.3, 0.4) is 0 Å². The Bertz CT molecular complexity index is 287. The highest BCUT2D eigenvalue weighted by molar-refractivity contribution is 4.92. The van der Waals surface area contributed by atoms with Crippen LogP contribution >= 0.6 is 0 Å². The van der Waals surface area contributed by atoms with E-state index in [4.69, 9.17) is 4.74 Å². The van der Waals surface area contributed by atoms with Gasteiger partial charge in [-0.05, 0) is 44.1 Å². The molecule has 2 saturated heterocycles. The smallest absolute Gasteiger partial charge is 0.0707 e. The van der Waals surface area contributed by atoms with Gasteiger partial charge in [-0.2, -0.15) is 0 Å². The van der Waals surface area contributed by atoms with Gasteiger partial charge < -0.3 is 10.1 Å². The van der Waals surface area contributed by atoms with E-state index in [1.54, 1.807) is 0 Å². The zero-order valence-electron chi connectivity index (χ0n) is 12.7. The first-order valence-electron chi connectivity index (χ1n) is 8.21. The lowest BCUT2D eigenvalue weighted by Gasteiger charge is -2.44. The number of fused-ring (bicyclic) bond motifs is 2. The highest BCUT2D eigenvalue weighted by Crippen LogP contribution is 2.40. The standard InChI is InChI=1S/C16H30N2O/c1-13-5-7-16(8-6-13,11-17-2)12-18-9-14-3-4-15(10-18)19-14/h13-15,17H,3-12H2,1-2H3. The second kappa shape index (κ2) is 5.71. The molecule has 3 nitrogen and oxygen atoms in total. The van der Waals surface area contributed by atoms with E-state index in [2.05, 4.69) is 24.2 Å². The van der Waals surface area contributed by atoms with E-state index in [1.807, 2.05) is 0 Å². The van der Waals surface area contributed by atoms with Crippen molar-refractivity contribution in [2.24, 2.45) is 11.3 Å². The molecule has 3 aliphatic rings. The van der Waals surface area contributed by atoms with Gasteiger partial charge in [-0.15, -0.1) is 0 Å². The van der Waals surface area contributed by atoms with Crippen molar-refractivity contribution >= 4 is 0 Å². The van der Waals surface area contributed by atoms with Crippen LogP contribution in [0.2, 0.25) is 0 Å². The van der Waals surface area contributed by atoms with E-state index in [0.717, 1.165) is 5.92 Å². The van der Waals surface area contributed by atoms with Crippen molar-refractivity contribution in [1.29, 1.82) is 0 Å². The summed E-state index contributed by atoms with van der Waals surface area (Å²) in [7, 11) is 2.11. The molecule has 3 fully saturated rings. The van der Waals surface area contributed by atoms with Crippen LogP contribution in [0.4, 0.5) is 0 Å².